The smallest absolute Gasteiger partial charge is 0.323 e. The number of urea groups is 1. The molecule has 2 amide bonds. The second kappa shape index (κ2) is 7.56. The zero-order valence-corrected chi connectivity index (χ0v) is 11.1. The van der Waals surface area contributed by atoms with Crippen molar-refractivity contribution in [3.63, 3.8) is 0 Å². The van der Waals surface area contributed by atoms with Gasteiger partial charge >= 0.3 is 18.0 Å². The van der Waals surface area contributed by atoms with Crippen molar-refractivity contribution in [1.29, 1.82) is 0 Å². The normalized spacial score (nSPS) is 10.8. The fourth-order valence-corrected chi connectivity index (χ4v) is 1.84. The summed E-state index contributed by atoms with van der Waals surface area (Å²) in [6.45, 7) is -1.48. The Morgan fingerprint density at radius 3 is 1.95 bits per heavy atom. The van der Waals surface area contributed by atoms with Gasteiger partial charge in [-0.25, -0.2) is 13.2 Å². The van der Waals surface area contributed by atoms with Gasteiger partial charge in [-0.2, -0.15) is 0 Å². The molecule has 0 aliphatic carbocycles. The molecule has 0 aromatic carbocycles. The number of aliphatic carboxylic acids is 2. The summed E-state index contributed by atoms with van der Waals surface area (Å²) in [5.74, 6) is -2.80. The summed E-state index contributed by atoms with van der Waals surface area (Å²) in [6, 6.07) is -0.863. The van der Waals surface area contributed by atoms with Crippen molar-refractivity contribution in [3.05, 3.63) is 0 Å². The number of carboxylic acid groups (broad SMARTS) is 2. The van der Waals surface area contributed by atoms with Crippen molar-refractivity contribution in [2.45, 2.75) is 6.42 Å². The molecule has 0 saturated heterocycles. The third-order valence-corrected chi connectivity index (χ3v) is 2.94. The molecule has 0 unspecified atom stereocenters. The van der Waals surface area contributed by atoms with Crippen LogP contribution in [0, 0.1) is 0 Å². The number of amides is 2. The van der Waals surface area contributed by atoms with Gasteiger partial charge in [-0.3, -0.25) is 9.59 Å². The first-order chi connectivity index (χ1) is 8.61. The second-order valence-electron chi connectivity index (χ2n) is 3.86. The van der Waals surface area contributed by atoms with Crippen molar-refractivity contribution >= 4 is 27.8 Å². The van der Waals surface area contributed by atoms with Gasteiger partial charge in [-0.05, 0) is 6.42 Å². The monoisotopic (exact) mass is 296 g/mol. The highest BCUT2D eigenvalue weighted by Gasteiger charge is 2.19. The minimum atomic E-state index is -3.13. The van der Waals surface area contributed by atoms with E-state index in [4.69, 9.17) is 10.2 Å². The predicted molar refractivity (Wildman–Crippen MR) is 64.6 cm³/mol. The van der Waals surface area contributed by atoms with Gasteiger partial charge < -0.3 is 20.4 Å². The third kappa shape index (κ3) is 9.83. The molecule has 10 heteroatoms. The van der Waals surface area contributed by atoms with Crippen molar-refractivity contribution in [3.8, 4) is 0 Å². The van der Waals surface area contributed by atoms with E-state index in [1.165, 1.54) is 0 Å². The molecule has 0 bridgehead atoms. The lowest BCUT2D eigenvalue weighted by atomic mass is 10.4. The van der Waals surface area contributed by atoms with E-state index in [0.29, 0.717) is 4.90 Å². The van der Waals surface area contributed by atoms with Crippen LogP contribution in [-0.2, 0) is 19.4 Å². The number of nitrogens with zero attached hydrogens (tertiary/aromatic N) is 1. The highest BCUT2D eigenvalue weighted by atomic mass is 32.2. The number of sulfone groups is 1. The molecule has 0 rings (SSSR count). The third-order valence-electron chi connectivity index (χ3n) is 1.91. The van der Waals surface area contributed by atoms with Crippen LogP contribution in [0.2, 0.25) is 0 Å². The molecule has 19 heavy (non-hydrogen) atoms. The van der Waals surface area contributed by atoms with Gasteiger partial charge in [0.15, 0.2) is 0 Å². The average molecular weight is 296 g/mol. The van der Waals surface area contributed by atoms with Crippen molar-refractivity contribution in [2.24, 2.45) is 0 Å². The first-order valence-corrected chi connectivity index (χ1v) is 7.32. The predicted octanol–water partition coefficient (Wildman–Crippen LogP) is -1.40. The Morgan fingerprint density at radius 2 is 1.58 bits per heavy atom. The maximum absolute atomic E-state index is 11.5. The van der Waals surface area contributed by atoms with Gasteiger partial charge in [0.2, 0.25) is 0 Å². The molecule has 0 atom stereocenters. The first kappa shape index (κ1) is 17.2. The molecule has 0 aromatic heterocycles. The number of hydrogen-bond acceptors (Lipinski definition) is 5. The lowest BCUT2D eigenvalue weighted by Crippen LogP contribution is -2.45. The van der Waals surface area contributed by atoms with E-state index in [0.717, 1.165) is 6.26 Å². The number of carbonyl (C=O) groups is 3. The SMILES string of the molecule is CS(=O)(=O)CCCNC(=O)N(CC(=O)O)CC(=O)O. The summed E-state index contributed by atoms with van der Waals surface area (Å²) in [5, 5.41) is 19.3. The van der Waals surface area contributed by atoms with Crippen LogP contribution < -0.4 is 5.32 Å². The summed E-state index contributed by atoms with van der Waals surface area (Å²) >= 11 is 0. The number of carbonyl (C=O) groups excluding carboxylic acids is 1. The maximum atomic E-state index is 11.5. The molecule has 0 aliphatic heterocycles. The molecule has 0 saturated carbocycles. The lowest BCUT2D eigenvalue weighted by Gasteiger charge is -2.18. The van der Waals surface area contributed by atoms with Gasteiger partial charge in [0, 0.05) is 12.8 Å². The molecular formula is C9H16N2O7S. The van der Waals surface area contributed by atoms with E-state index >= 15 is 0 Å². The van der Waals surface area contributed by atoms with Gasteiger partial charge in [-0.1, -0.05) is 0 Å². The van der Waals surface area contributed by atoms with Crippen LogP contribution in [-0.4, -0.2) is 73.1 Å². The zero-order valence-electron chi connectivity index (χ0n) is 10.3. The van der Waals surface area contributed by atoms with Gasteiger partial charge in [-0.15, -0.1) is 0 Å². The van der Waals surface area contributed by atoms with Crippen LogP contribution in [0.15, 0.2) is 0 Å². The number of nitrogens with one attached hydrogen (secondary N) is 1. The molecule has 110 valence electrons. The quantitative estimate of drug-likeness (QED) is 0.468. The molecule has 3 N–H and O–H groups in total. The summed E-state index contributed by atoms with van der Waals surface area (Å²) in [6.07, 6.45) is 1.22. The van der Waals surface area contributed by atoms with E-state index in [-0.39, 0.29) is 18.7 Å². The van der Waals surface area contributed by atoms with Crippen molar-refractivity contribution in [1.82, 2.24) is 10.2 Å². The molecule has 0 radical (unpaired) electrons. The van der Waals surface area contributed by atoms with Crippen LogP contribution in [0.1, 0.15) is 6.42 Å². The maximum Gasteiger partial charge on any atom is 0.323 e. The number of hydrogen-bond donors (Lipinski definition) is 3. The number of rotatable bonds is 8. The highest BCUT2D eigenvalue weighted by Crippen LogP contribution is 1.92. The molecule has 9 nitrogen and oxygen atoms in total. The Labute approximate surface area is 110 Å². The summed E-state index contributed by atoms with van der Waals surface area (Å²) in [5.41, 5.74) is 0. The summed E-state index contributed by atoms with van der Waals surface area (Å²) in [7, 11) is -3.13. The molecule has 0 heterocycles. The minimum absolute atomic E-state index is 0.0155. The molecule has 0 spiro atoms. The van der Waals surface area contributed by atoms with Crippen LogP contribution >= 0.6 is 0 Å². The van der Waals surface area contributed by atoms with Crippen molar-refractivity contribution in [2.75, 3.05) is 31.6 Å². The Bertz CT molecular complexity index is 429. The van der Waals surface area contributed by atoms with Gasteiger partial charge in [0.25, 0.3) is 0 Å². The minimum Gasteiger partial charge on any atom is -0.480 e. The highest BCUT2D eigenvalue weighted by molar-refractivity contribution is 7.90. The second-order valence-corrected chi connectivity index (χ2v) is 6.12. The van der Waals surface area contributed by atoms with Crippen LogP contribution in [0.3, 0.4) is 0 Å². The molecule has 0 aromatic rings. The van der Waals surface area contributed by atoms with E-state index < -0.39 is 40.9 Å². The standard InChI is InChI=1S/C9H16N2O7S/c1-19(17,18)4-2-3-10-9(16)11(5-7(12)13)6-8(14)15/h2-6H2,1H3,(H,10,16)(H,12,13)(H,14,15). The van der Waals surface area contributed by atoms with Gasteiger partial charge in [0.1, 0.15) is 22.9 Å². The van der Waals surface area contributed by atoms with E-state index in [2.05, 4.69) is 5.32 Å². The first-order valence-electron chi connectivity index (χ1n) is 5.26. The summed E-state index contributed by atoms with van der Waals surface area (Å²) < 4.78 is 21.6. The average Bonchev–Trinajstić information content (AvgIpc) is 2.20. The van der Waals surface area contributed by atoms with E-state index in [1.807, 2.05) is 0 Å². The van der Waals surface area contributed by atoms with Crippen molar-refractivity contribution < 1.29 is 33.0 Å². The zero-order chi connectivity index (χ0) is 15.1. The summed E-state index contributed by atoms with van der Waals surface area (Å²) in [4.78, 5) is 33.0. The Balaban J connectivity index is 4.24. The largest absolute Gasteiger partial charge is 0.480 e. The number of carboxylic acids is 2. The van der Waals surface area contributed by atoms with E-state index in [1.54, 1.807) is 0 Å². The fourth-order valence-electron chi connectivity index (χ4n) is 1.17. The Kier molecular flexibility index (Phi) is 6.83. The lowest BCUT2D eigenvalue weighted by molar-refractivity contribution is -0.140. The van der Waals surface area contributed by atoms with Crippen LogP contribution in [0.4, 0.5) is 4.79 Å². The topological polar surface area (TPSA) is 141 Å². The van der Waals surface area contributed by atoms with Gasteiger partial charge in [0.05, 0.1) is 5.75 Å². The fraction of sp³-hybridized carbons (Fsp3) is 0.667. The van der Waals surface area contributed by atoms with Crippen LogP contribution in [0.25, 0.3) is 0 Å². The van der Waals surface area contributed by atoms with E-state index in [9.17, 15) is 22.8 Å². The van der Waals surface area contributed by atoms with Crippen LogP contribution in [0.5, 0.6) is 0 Å². The molecule has 0 fully saturated rings. The molecular weight excluding hydrogens is 280 g/mol. The molecule has 0 aliphatic rings. The Morgan fingerprint density at radius 1 is 1.11 bits per heavy atom. The Hall–Kier alpha value is -1.84.